The molecule has 0 spiro atoms. The zero-order valence-corrected chi connectivity index (χ0v) is 13.4. The second kappa shape index (κ2) is 5.63. The molecule has 1 aliphatic rings. The molecule has 1 aromatic carbocycles. The standard InChI is InChI=1S/C14H11BrF3N3O2/c1-6-4-10(12(22)23-6)19-11-8-5-7(15)2-3-9(8)20-13(21-11)14(16,17)18/h2-3,5-6,10H,4H2,1H3,(H,19,20,21). The number of hydrogen-bond donors (Lipinski definition) is 1. The van der Waals surface area contributed by atoms with Crippen LogP contribution in [0.4, 0.5) is 19.0 Å². The van der Waals surface area contributed by atoms with E-state index in [-0.39, 0.29) is 17.4 Å². The highest BCUT2D eigenvalue weighted by Gasteiger charge is 2.37. The maximum absolute atomic E-state index is 13.0. The molecule has 0 saturated carbocycles. The van der Waals surface area contributed by atoms with Gasteiger partial charge >= 0.3 is 12.1 Å². The lowest BCUT2D eigenvalue weighted by atomic mass is 10.1. The number of aromatic nitrogens is 2. The predicted molar refractivity (Wildman–Crippen MR) is 79.8 cm³/mol. The van der Waals surface area contributed by atoms with E-state index >= 15 is 0 Å². The third kappa shape index (κ3) is 3.24. The summed E-state index contributed by atoms with van der Waals surface area (Å²) in [6.45, 7) is 1.72. The number of benzene rings is 1. The smallest absolute Gasteiger partial charge is 0.451 e. The topological polar surface area (TPSA) is 64.1 Å². The van der Waals surface area contributed by atoms with E-state index in [4.69, 9.17) is 4.74 Å². The normalized spacial score (nSPS) is 21.5. The minimum atomic E-state index is -4.68. The largest absolute Gasteiger partial charge is 0.461 e. The Morgan fingerprint density at radius 2 is 2.09 bits per heavy atom. The van der Waals surface area contributed by atoms with Crippen molar-refractivity contribution in [3.63, 3.8) is 0 Å². The summed E-state index contributed by atoms with van der Waals surface area (Å²) < 4.78 is 44.6. The van der Waals surface area contributed by atoms with Crippen LogP contribution >= 0.6 is 15.9 Å². The molecule has 0 aliphatic carbocycles. The maximum atomic E-state index is 13.0. The maximum Gasteiger partial charge on any atom is 0.451 e. The molecule has 1 N–H and O–H groups in total. The number of ether oxygens (including phenoxy) is 1. The molecule has 0 amide bonds. The first kappa shape index (κ1) is 16.0. The summed E-state index contributed by atoms with van der Waals surface area (Å²) in [5.74, 6) is -1.80. The Morgan fingerprint density at radius 1 is 1.35 bits per heavy atom. The van der Waals surface area contributed by atoms with Crippen LogP contribution in [0.25, 0.3) is 10.9 Å². The summed E-state index contributed by atoms with van der Waals surface area (Å²) in [6, 6.07) is 3.91. The number of carbonyl (C=O) groups is 1. The number of alkyl halides is 3. The molecule has 1 aliphatic heterocycles. The summed E-state index contributed by atoms with van der Waals surface area (Å²) in [5, 5.41) is 3.15. The Hall–Kier alpha value is -1.90. The average molecular weight is 390 g/mol. The molecule has 2 unspecified atom stereocenters. The van der Waals surface area contributed by atoms with Crippen LogP contribution in [0, 0.1) is 0 Å². The third-order valence-electron chi connectivity index (χ3n) is 3.39. The Balaban J connectivity index is 2.09. The van der Waals surface area contributed by atoms with Crippen molar-refractivity contribution in [3.8, 4) is 0 Å². The quantitative estimate of drug-likeness (QED) is 0.796. The molecule has 9 heteroatoms. The van der Waals surface area contributed by atoms with Gasteiger partial charge in [0.2, 0.25) is 5.82 Å². The van der Waals surface area contributed by atoms with Crippen LogP contribution in [-0.4, -0.2) is 28.1 Å². The van der Waals surface area contributed by atoms with Crippen LogP contribution in [0.5, 0.6) is 0 Å². The van der Waals surface area contributed by atoms with Crippen LogP contribution in [0.2, 0.25) is 0 Å². The number of esters is 1. The summed E-state index contributed by atoms with van der Waals surface area (Å²) in [5.41, 5.74) is 0.137. The van der Waals surface area contributed by atoms with Crippen molar-refractivity contribution in [3.05, 3.63) is 28.5 Å². The first-order valence-electron chi connectivity index (χ1n) is 6.75. The number of carbonyl (C=O) groups excluding carboxylic acids is 1. The predicted octanol–water partition coefficient (Wildman–Crippen LogP) is 3.53. The van der Waals surface area contributed by atoms with Crippen molar-refractivity contribution in [1.29, 1.82) is 0 Å². The minimum absolute atomic E-state index is 0.0420. The molecule has 5 nitrogen and oxygen atoms in total. The minimum Gasteiger partial charge on any atom is -0.461 e. The van der Waals surface area contributed by atoms with E-state index in [1.54, 1.807) is 19.1 Å². The molecule has 23 heavy (non-hydrogen) atoms. The summed E-state index contributed by atoms with van der Waals surface area (Å²) >= 11 is 3.26. The molecule has 122 valence electrons. The van der Waals surface area contributed by atoms with Crippen molar-refractivity contribution < 1.29 is 22.7 Å². The second-order valence-electron chi connectivity index (χ2n) is 5.24. The summed E-state index contributed by atoms with van der Waals surface area (Å²) in [7, 11) is 0. The number of anilines is 1. The van der Waals surface area contributed by atoms with Gasteiger partial charge in [0, 0.05) is 16.3 Å². The van der Waals surface area contributed by atoms with Gasteiger partial charge in [-0.3, -0.25) is 0 Å². The van der Waals surface area contributed by atoms with Gasteiger partial charge < -0.3 is 10.1 Å². The fourth-order valence-corrected chi connectivity index (χ4v) is 2.74. The molecule has 1 aromatic heterocycles. The van der Waals surface area contributed by atoms with E-state index < -0.39 is 24.0 Å². The lowest BCUT2D eigenvalue weighted by Crippen LogP contribution is -2.26. The number of halogens is 4. The highest BCUT2D eigenvalue weighted by molar-refractivity contribution is 9.10. The molecule has 3 rings (SSSR count). The van der Waals surface area contributed by atoms with Gasteiger partial charge in [-0.15, -0.1) is 0 Å². The molecule has 2 aromatic rings. The molecule has 2 heterocycles. The van der Waals surface area contributed by atoms with Gasteiger partial charge in [-0.05, 0) is 25.1 Å². The molecular formula is C14H11BrF3N3O2. The fraction of sp³-hybridized carbons (Fsp3) is 0.357. The van der Waals surface area contributed by atoms with E-state index in [2.05, 4.69) is 31.2 Å². The van der Waals surface area contributed by atoms with Crippen molar-refractivity contribution in [2.24, 2.45) is 0 Å². The van der Waals surface area contributed by atoms with Gasteiger partial charge in [0.1, 0.15) is 18.0 Å². The third-order valence-corrected chi connectivity index (χ3v) is 3.89. The van der Waals surface area contributed by atoms with Crippen molar-refractivity contribution >= 4 is 38.6 Å². The van der Waals surface area contributed by atoms with E-state index in [1.165, 1.54) is 6.07 Å². The average Bonchev–Trinajstić information content (AvgIpc) is 2.76. The zero-order valence-electron chi connectivity index (χ0n) is 11.8. The van der Waals surface area contributed by atoms with E-state index in [9.17, 15) is 18.0 Å². The van der Waals surface area contributed by atoms with Crippen molar-refractivity contribution in [1.82, 2.24) is 9.97 Å². The van der Waals surface area contributed by atoms with Crippen molar-refractivity contribution in [2.45, 2.75) is 31.7 Å². The van der Waals surface area contributed by atoms with Crippen LogP contribution < -0.4 is 5.32 Å². The number of rotatable bonds is 2. The van der Waals surface area contributed by atoms with Crippen LogP contribution in [0.3, 0.4) is 0 Å². The van der Waals surface area contributed by atoms with Crippen LogP contribution in [-0.2, 0) is 15.7 Å². The van der Waals surface area contributed by atoms with Gasteiger partial charge in [0.05, 0.1) is 5.52 Å². The van der Waals surface area contributed by atoms with Crippen LogP contribution in [0.1, 0.15) is 19.2 Å². The van der Waals surface area contributed by atoms with Gasteiger partial charge in [-0.1, -0.05) is 15.9 Å². The van der Waals surface area contributed by atoms with E-state index in [1.807, 2.05) is 0 Å². The zero-order chi connectivity index (χ0) is 16.8. The highest BCUT2D eigenvalue weighted by Crippen LogP contribution is 2.32. The lowest BCUT2D eigenvalue weighted by Gasteiger charge is -2.14. The van der Waals surface area contributed by atoms with E-state index in [0.29, 0.717) is 16.3 Å². The Kier molecular flexibility index (Phi) is 3.91. The first-order valence-corrected chi connectivity index (χ1v) is 7.55. The summed E-state index contributed by atoms with van der Waals surface area (Å²) in [6.07, 6.45) is -4.61. The van der Waals surface area contributed by atoms with Gasteiger partial charge in [0.25, 0.3) is 0 Å². The first-order chi connectivity index (χ1) is 10.7. The molecule has 0 radical (unpaired) electrons. The molecule has 1 saturated heterocycles. The van der Waals surface area contributed by atoms with Gasteiger partial charge in [-0.2, -0.15) is 13.2 Å². The summed E-state index contributed by atoms with van der Waals surface area (Å²) in [4.78, 5) is 18.8. The second-order valence-corrected chi connectivity index (χ2v) is 6.15. The van der Waals surface area contributed by atoms with E-state index in [0.717, 1.165) is 0 Å². The fourth-order valence-electron chi connectivity index (χ4n) is 2.38. The Morgan fingerprint density at radius 3 is 2.70 bits per heavy atom. The lowest BCUT2D eigenvalue weighted by molar-refractivity contribution is -0.144. The molecule has 2 atom stereocenters. The van der Waals surface area contributed by atoms with Crippen molar-refractivity contribution in [2.75, 3.05) is 5.32 Å². The Bertz CT molecular complexity index is 782. The number of fused-ring (bicyclic) bond motifs is 1. The number of cyclic esters (lactones) is 1. The SMILES string of the molecule is CC1CC(Nc2nc(C(F)(F)F)nc3ccc(Br)cc23)C(=O)O1. The number of hydrogen-bond acceptors (Lipinski definition) is 5. The highest BCUT2D eigenvalue weighted by atomic mass is 79.9. The monoisotopic (exact) mass is 389 g/mol. The van der Waals surface area contributed by atoms with Gasteiger partial charge in [0.15, 0.2) is 0 Å². The molecule has 1 fully saturated rings. The molecular weight excluding hydrogens is 379 g/mol. The number of nitrogens with zero attached hydrogens (tertiary/aromatic N) is 2. The Labute approximate surface area is 137 Å². The molecule has 0 bridgehead atoms. The van der Waals surface area contributed by atoms with Gasteiger partial charge in [-0.25, -0.2) is 14.8 Å². The number of nitrogens with one attached hydrogen (secondary N) is 1. The van der Waals surface area contributed by atoms with Crippen LogP contribution in [0.15, 0.2) is 22.7 Å².